The van der Waals surface area contributed by atoms with Gasteiger partial charge in [0.25, 0.3) is 5.91 Å². The summed E-state index contributed by atoms with van der Waals surface area (Å²) >= 11 is 8.68. The fraction of sp³-hybridized carbons (Fsp3) is 0.467. The van der Waals surface area contributed by atoms with Crippen LogP contribution in [-0.2, 0) is 20.1 Å². The van der Waals surface area contributed by atoms with Crippen molar-refractivity contribution in [1.29, 1.82) is 0 Å². The average Bonchev–Trinajstić information content (AvgIpc) is 3.05. The number of hydrogen-bond donors (Lipinski definition) is 3. The minimum Gasteiger partial charge on any atom is -0.324 e. The van der Waals surface area contributed by atoms with Crippen molar-refractivity contribution >= 4 is 58.5 Å². The van der Waals surface area contributed by atoms with Crippen LogP contribution in [0.4, 0.5) is 4.79 Å². The smallest absolute Gasteiger partial charge is 0.324 e. The van der Waals surface area contributed by atoms with Gasteiger partial charge in [-0.25, -0.2) is 4.79 Å². The molecule has 3 N–H and O–H groups in total. The summed E-state index contributed by atoms with van der Waals surface area (Å²) in [6.07, 6.45) is -0.101. The van der Waals surface area contributed by atoms with Crippen LogP contribution in [0.15, 0.2) is 12.1 Å². The Balaban J connectivity index is 1.63. The molecule has 2 heterocycles. The molecule has 0 saturated carbocycles. The van der Waals surface area contributed by atoms with Gasteiger partial charge in [0, 0.05) is 23.6 Å². The number of carbonyl (C=O) groups is 4. The minimum absolute atomic E-state index is 0.0519. The molecule has 0 unspecified atom stereocenters. The van der Waals surface area contributed by atoms with E-state index in [1.54, 1.807) is 19.9 Å². The Labute approximate surface area is 164 Å². The zero-order valence-electron chi connectivity index (χ0n) is 14.3. The van der Waals surface area contributed by atoms with Crippen molar-refractivity contribution in [2.24, 2.45) is 0 Å². The number of urea groups is 1. The second kappa shape index (κ2) is 8.74. The molecule has 1 aromatic heterocycles. The summed E-state index contributed by atoms with van der Waals surface area (Å²) in [4.78, 5) is 49.2. The number of hydrazine groups is 1. The lowest BCUT2D eigenvalue weighted by Gasteiger charge is -2.15. The lowest BCUT2D eigenvalue weighted by Crippen LogP contribution is -2.44. The van der Waals surface area contributed by atoms with Gasteiger partial charge < -0.3 is 5.32 Å². The Hall–Kier alpha value is -1.78. The van der Waals surface area contributed by atoms with E-state index in [-0.39, 0.29) is 30.5 Å². The number of imide groups is 1. The number of amides is 5. The highest BCUT2D eigenvalue weighted by molar-refractivity contribution is 7.99. The summed E-state index contributed by atoms with van der Waals surface area (Å²) in [6, 6.07) is 3.17. The maximum Gasteiger partial charge on any atom is 0.325 e. The maximum absolute atomic E-state index is 12.0. The molecular formula is C15H19ClN4O4S2. The molecule has 0 aromatic carbocycles. The van der Waals surface area contributed by atoms with Crippen molar-refractivity contribution in [2.75, 3.05) is 12.3 Å². The zero-order chi connectivity index (χ0) is 19.3. The number of thioether (sulfide) groups is 1. The Kier molecular flexibility index (Phi) is 6.90. The van der Waals surface area contributed by atoms with E-state index in [1.807, 2.05) is 6.07 Å². The van der Waals surface area contributed by atoms with Gasteiger partial charge in [-0.2, -0.15) is 0 Å². The van der Waals surface area contributed by atoms with E-state index in [2.05, 4.69) is 16.2 Å². The monoisotopic (exact) mass is 418 g/mol. The SMILES string of the molecule is CC1(C)NC(=O)N(CCC(=O)NNC(=O)CSCc2ccc(Cl)s2)C1=O. The number of rotatable bonds is 7. The Morgan fingerprint density at radius 1 is 1.27 bits per heavy atom. The lowest BCUT2D eigenvalue weighted by atomic mass is 10.1. The average molecular weight is 419 g/mol. The molecule has 8 nitrogen and oxygen atoms in total. The van der Waals surface area contributed by atoms with Crippen LogP contribution in [0.5, 0.6) is 0 Å². The van der Waals surface area contributed by atoms with Gasteiger partial charge in [0.2, 0.25) is 11.8 Å². The predicted octanol–water partition coefficient (Wildman–Crippen LogP) is 1.50. The van der Waals surface area contributed by atoms with Crippen LogP contribution in [-0.4, -0.2) is 46.5 Å². The molecule has 26 heavy (non-hydrogen) atoms. The molecular weight excluding hydrogens is 400 g/mol. The van der Waals surface area contributed by atoms with Crippen LogP contribution in [0.1, 0.15) is 25.1 Å². The number of halogens is 1. The molecule has 1 aromatic rings. The molecule has 5 amide bonds. The summed E-state index contributed by atoms with van der Waals surface area (Å²) in [6.45, 7) is 3.13. The molecule has 0 atom stereocenters. The highest BCUT2D eigenvalue weighted by Crippen LogP contribution is 2.24. The molecule has 1 fully saturated rings. The molecule has 11 heteroatoms. The molecule has 0 radical (unpaired) electrons. The third-order valence-electron chi connectivity index (χ3n) is 3.45. The van der Waals surface area contributed by atoms with E-state index >= 15 is 0 Å². The van der Waals surface area contributed by atoms with E-state index in [9.17, 15) is 19.2 Å². The van der Waals surface area contributed by atoms with Gasteiger partial charge in [0.15, 0.2) is 0 Å². The molecule has 0 aliphatic carbocycles. The van der Waals surface area contributed by atoms with Gasteiger partial charge in [-0.3, -0.25) is 30.1 Å². The minimum atomic E-state index is -0.966. The fourth-order valence-electron chi connectivity index (χ4n) is 2.15. The summed E-state index contributed by atoms with van der Waals surface area (Å²) < 4.78 is 0.700. The third-order valence-corrected chi connectivity index (χ3v) is 5.85. The van der Waals surface area contributed by atoms with Crippen LogP contribution >= 0.6 is 34.7 Å². The number of hydrogen-bond acceptors (Lipinski definition) is 6. The van der Waals surface area contributed by atoms with Gasteiger partial charge in [0.1, 0.15) is 5.54 Å². The molecule has 1 aliphatic rings. The van der Waals surface area contributed by atoms with E-state index in [0.29, 0.717) is 10.1 Å². The molecule has 1 saturated heterocycles. The molecule has 0 spiro atoms. The van der Waals surface area contributed by atoms with Gasteiger partial charge in [0.05, 0.1) is 10.1 Å². The Morgan fingerprint density at radius 2 is 1.96 bits per heavy atom. The Morgan fingerprint density at radius 3 is 2.54 bits per heavy atom. The first-order valence-electron chi connectivity index (χ1n) is 7.73. The first kappa shape index (κ1) is 20.5. The van der Waals surface area contributed by atoms with Gasteiger partial charge >= 0.3 is 6.03 Å². The molecule has 142 valence electrons. The van der Waals surface area contributed by atoms with E-state index in [0.717, 1.165) is 9.78 Å². The summed E-state index contributed by atoms with van der Waals surface area (Å²) in [7, 11) is 0. The molecule has 2 rings (SSSR count). The van der Waals surface area contributed by atoms with Crippen molar-refractivity contribution in [3.8, 4) is 0 Å². The van der Waals surface area contributed by atoms with Crippen molar-refractivity contribution in [3.63, 3.8) is 0 Å². The second-order valence-electron chi connectivity index (χ2n) is 6.06. The molecule has 0 bridgehead atoms. The predicted molar refractivity (Wildman–Crippen MR) is 101 cm³/mol. The number of nitrogens with one attached hydrogen (secondary N) is 3. The van der Waals surface area contributed by atoms with Crippen molar-refractivity contribution in [3.05, 3.63) is 21.3 Å². The number of nitrogens with zero attached hydrogens (tertiary/aromatic N) is 1. The summed E-state index contributed by atoms with van der Waals surface area (Å²) in [5.41, 5.74) is 3.61. The Bertz CT molecular complexity index is 722. The van der Waals surface area contributed by atoms with Crippen LogP contribution in [0.2, 0.25) is 4.34 Å². The van der Waals surface area contributed by atoms with Crippen molar-refractivity contribution < 1.29 is 19.2 Å². The van der Waals surface area contributed by atoms with E-state index < -0.39 is 17.5 Å². The number of carbonyl (C=O) groups excluding carboxylic acids is 4. The maximum atomic E-state index is 12.0. The zero-order valence-corrected chi connectivity index (χ0v) is 16.6. The highest BCUT2D eigenvalue weighted by Gasteiger charge is 2.43. The standard InChI is InChI=1S/C15H19ClN4O4S2/c1-15(2)13(23)20(14(24)17-15)6-5-11(21)18-19-12(22)8-25-7-9-3-4-10(16)26-9/h3-4H,5-8H2,1-2H3,(H,17,24)(H,18,21)(H,19,22). The first-order chi connectivity index (χ1) is 12.2. The topological polar surface area (TPSA) is 108 Å². The van der Waals surface area contributed by atoms with Crippen molar-refractivity contribution in [1.82, 2.24) is 21.1 Å². The van der Waals surface area contributed by atoms with Gasteiger partial charge in [-0.1, -0.05) is 11.6 Å². The van der Waals surface area contributed by atoms with Crippen LogP contribution in [0, 0.1) is 0 Å². The summed E-state index contributed by atoms with van der Waals surface area (Å²) in [5, 5.41) is 2.53. The van der Waals surface area contributed by atoms with Crippen LogP contribution in [0.25, 0.3) is 0 Å². The fourth-order valence-corrected chi connectivity index (χ4v) is 4.17. The first-order valence-corrected chi connectivity index (χ1v) is 10.1. The van der Waals surface area contributed by atoms with Crippen LogP contribution < -0.4 is 16.2 Å². The van der Waals surface area contributed by atoms with Gasteiger partial charge in [-0.05, 0) is 26.0 Å². The van der Waals surface area contributed by atoms with Crippen molar-refractivity contribution in [2.45, 2.75) is 31.6 Å². The quantitative estimate of drug-likeness (QED) is 0.459. The normalized spacial score (nSPS) is 15.7. The lowest BCUT2D eigenvalue weighted by molar-refractivity contribution is -0.131. The summed E-state index contributed by atoms with van der Waals surface area (Å²) in [5.74, 6) is -0.386. The van der Waals surface area contributed by atoms with E-state index in [1.165, 1.54) is 23.1 Å². The van der Waals surface area contributed by atoms with E-state index in [4.69, 9.17) is 11.6 Å². The van der Waals surface area contributed by atoms with Gasteiger partial charge in [-0.15, -0.1) is 23.1 Å². The van der Waals surface area contributed by atoms with Crippen LogP contribution in [0.3, 0.4) is 0 Å². The second-order valence-corrected chi connectivity index (χ2v) is 8.84. The largest absolute Gasteiger partial charge is 0.325 e. The highest BCUT2D eigenvalue weighted by atomic mass is 35.5. The third kappa shape index (κ3) is 5.61. The molecule has 1 aliphatic heterocycles. The number of thiophene rings is 1.